The Morgan fingerprint density at radius 2 is 1.50 bits per heavy atom. The van der Waals surface area contributed by atoms with Gasteiger partial charge in [0.1, 0.15) is 5.82 Å². The van der Waals surface area contributed by atoms with Crippen molar-refractivity contribution in [3.05, 3.63) is 46.8 Å². The largest absolute Gasteiger partial charge is 0.206 e. The van der Waals surface area contributed by atoms with Gasteiger partial charge in [-0.15, -0.1) is 6.58 Å². The van der Waals surface area contributed by atoms with Crippen LogP contribution in [0.2, 0.25) is 0 Å². The van der Waals surface area contributed by atoms with Gasteiger partial charge in [-0.2, -0.15) is 0 Å². The predicted octanol–water partition coefficient (Wildman–Crippen LogP) is 3.45. The van der Waals surface area contributed by atoms with E-state index in [0.717, 1.165) is 0 Å². The van der Waals surface area contributed by atoms with Gasteiger partial charge in [-0.25, -0.2) is 13.2 Å². The van der Waals surface area contributed by atoms with Crippen molar-refractivity contribution in [2.24, 2.45) is 0 Å². The topological polar surface area (TPSA) is 0 Å². The second kappa shape index (κ2) is 3.86. The summed E-state index contributed by atoms with van der Waals surface area (Å²) < 4.78 is 39.8. The Bertz CT molecular complexity index is 352. The van der Waals surface area contributed by atoms with Gasteiger partial charge < -0.3 is 0 Å². The molecule has 0 spiro atoms. The lowest BCUT2D eigenvalue weighted by atomic mass is 10.0. The highest BCUT2D eigenvalue weighted by atomic mass is 19.2. The van der Waals surface area contributed by atoms with Crippen molar-refractivity contribution in [2.45, 2.75) is 20.3 Å². The molecular formula is C11H11F3. The summed E-state index contributed by atoms with van der Waals surface area (Å²) >= 11 is 0. The fraction of sp³-hybridized carbons (Fsp3) is 0.273. The Labute approximate surface area is 81.1 Å². The molecular weight excluding hydrogens is 189 g/mol. The molecule has 1 rings (SSSR count). The molecule has 0 heterocycles. The molecule has 1 aromatic carbocycles. The van der Waals surface area contributed by atoms with Crippen LogP contribution in [0.5, 0.6) is 0 Å². The van der Waals surface area contributed by atoms with E-state index in [1.807, 2.05) is 0 Å². The maximum atomic E-state index is 13.4. The number of rotatable bonds is 2. The van der Waals surface area contributed by atoms with Crippen molar-refractivity contribution in [3.8, 4) is 0 Å². The van der Waals surface area contributed by atoms with Gasteiger partial charge in [0, 0.05) is 5.56 Å². The van der Waals surface area contributed by atoms with E-state index in [2.05, 4.69) is 6.58 Å². The van der Waals surface area contributed by atoms with Crippen LogP contribution in [0.25, 0.3) is 0 Å². The monoisotopic (exact) mass is 200 g/mol. The zero-order valence-electron chi connectivity index (χ0n) is 8.13. The molecule has 0 bridgehead atoms. The summed E-state index contributed by atoms with van der Waals surface area (Å²) in [6, 6.07) is 0. The summed E-state index contributed by atoms with van der Waals surface area (Å²) in [4.78, 5) is 0. The number of benzene rings is 1. The van der Waals surface area contributed by atoms with E-state index in [4.69, 9.17) is 0 Å². The standard InChI is InChI=1S/C11H11F3/c1-4-5-8-9(12)6(2)7(3)10(13)11(8)14/h4H,1,5H2,2-3H3. The van der Waals surface area contributed by atoms with E-state index in [-0.39, 0.29) is 23.1 Å². The summed E-state index contributed by atoms with van der Waals surface area (Å²) in [5.74, 6) is -2.76. The van der Waals surface area contributed by atoms with Gasteiger partial charge in [-0.3, -0.25) is 0 Å². The second-order valence-corrected chi connectivity index (χ2v) is 3.16. The Morgan fingerprint density at radius 1 is 1.00 bits per heavy atom. The van der Waals surface area contributed by atoms with E-state index in [0.29, 0.717) is 0 Å². The molecule has 0 aliphatic rings. The molecule has 0 radical (unpaired) electrons. The Morgan fingerprint density at radius 3 is 2.00 bits per heavy atom. The van der Waals surface area contributed by atoms with E-state index < -0.39 is 17.5 Å². The first-order valence-corrected chi connectivity index (χ1v) is 4.24. The van der Waals surface area contributed by atoms with E-state index >= 15 is 0 Å². The minimum Gasteiger partial charge on any atom is -0.206 e. The van der Waals surface area contributed by atoms with Gasteiger partial charge >= 0.3 is 0 Å². The number of hydrogen-bond donors (Lipinski definition) is 0. The molecule has 1 aromatic rings. The number of allylic oxidation sites excluding steroid dienone is 1. The fourth-order valence-corrected chi connectivity index (χ4v) is 1.27. The zero-order chi connectivity index (χ0) is 10.9. The third-order valence-electron chi connectivity index (χ3n) is 2.29. The highest BCUT2D eigenvalue weighted by Crippen LogP contribution is 2.24. The van der Waals surface area contributed by atoms with Gasteiger partial charge in [0.15, 0.2) is 11.6 Å². The molecule has 0 saturated carbocycles. The molecule has 76 valence electrons. The minimum atomic E-state index is -1.11. The lowest BCUT2D eigenvalue weighted by Gasteiger charge is -2.09. The van der Waals surface area contributed by atoms with Crippen molar-refractivity contribution in [2.75, 3.05) is 0 Å². The summed E-state index contributed by atoms with van der Waals surface area (Å²) in [6.45, 7) is 6.15. The average Bonchev–Trinajstić information content (AvgIpc) is 2.19. The summed E-state index contributed by atoms with van der Waals surface area (Å²) in [7, 11) is 0. The van der Waals surface area contributed by atoms with Crippen LogP contribution in [0.3, 0.4) is 0 Å². The van der Waals surface area contributed by atoms with Crippen LogP contribution >= 0.6 is 0 Å². The third kappa shape index (κ3) is 1.54. The average molecular weight is 200 g/mol. The predicted molar refractivity (Wildman–Crippen MR) is 49.7 cm³/mol. The molecule has 0 aliphatic carbocycles. The van der Waals surface area contributed by atoms with Crippen LogP contribution in [-0.2, 0) is 6.42 Å². The molecule has 0 atom stereocenters. The van der Waals surface area contributed by atoms with Crippen LogP contribution in [0, 0.1) is 31.3 Å². The first kappa shape index (κ1) is 10.8. The lowest BCUT2D eigenvalue weighted by molar-refractivity contribution is 0.474. The SMILES string of the molecule is C=CCc1c(F)c(C)c(C)c(F)c1F. The number of halogens is 3. The molecule has 0 saturated heterocycles. The molecule has 0 aliphatic heterocycles. The Hall–Kier alpha value is -1.25. The molecule has 0 aromatic heterocycles. The summed E-state index contributed by atoms with van der Waals surface area (Å²) in [5.41, 5.74) is -0.0748. The molecule has 0 unspecified atom stereocenters. The van der Waals surface area contributed by atoms with Gasteiger partial charge in [0.05, 0.1) is 0 Å². The van der Waals surface area contributed by atoms with Crippen molar-refractivity contribution >= 4 is 0 Å². The molecule has 0 amide bonds. The third-order valence-corrected chi connectivity index (χ3v) is 2.29. The van der Waals surface area contributed by atoms with Crippen LogP contribution in [-0.4, -0.2) is 0 Å². The molecule has 0 N–H and O–H groups in total. The minimum absolute atomic E-state index is 0.00426. The highest BCUT2D eigenvalue weighted by molar-refractivity contribution is 5.35. The van der Waals surface area contributed by atoms with Crippen molar-refractivity contribution in [3.63, 3.8) is 0 Å². The molecule has 14 heavy (non-hydrogen) atoms. The fourth-order valence-electron chi connectivity index (χ4n) is 1.27. The Balaban J connectivity index is 3.50. The van der Waals surface area contributed by atoms with Gasteiger partial charge in [0.2, 0.25) is 0 Å². The quantitative estimate of drug-likeness (QED) is 0.506. The van der Waals surface area contributed by atoms with Crippen LogP contribution < -0.4 is 0 Å². The van der Waals surface area contributed by atoms with Crippen molar-refractivity contribution in [1.82, 2.24) is 0 Å². The first-order chi connectivity index (χ1) is 6.50. The highest BCUT2D eigenvalue weighted by Gasteiger charge is 2.18. The van der Waals surface area contributed by atoms with Gasteiger partial charge in [-0.05, 0) is 31.4 Å². The maximum absolute atomic E-state index is 13.4. The van der Waals surface area contributed by atoms with Gasteiger partial charge in [-0.1, -0.05) is 6.08 Å². The molecule has 0 fully saturated rings. The Kier molecular flexibility index (Phi) is 2.99. The van der Waals surface area contributed by atoms with Crippen LogP contribution in [0.1, 0.15) is 16.7 Å². The zero-order valence-corrected chi connectivity index (χ0v) is 8.13. The van der Waals surface area contributed by atoms with Crippen molar-refractivity contribution < 1.29 is 13.2 Å². The van der Waals surface area contributed by atoms with E-state index in [1.54, 1.807) is 0 Å². The number of hydrogen-bond acceptors (Lipinski definition) is 0. The lowest BCUT2D eigenvalue weighted by Crippen LogP contribution is -2.04. The van der Waals surface area contributed by atoms with E-state index in [1.165, 1.54) is 19.9 Å². The smallest absolute Gasteiger partial charge is 0.165 e. The van der Waals surface area contributed by atoms with Crippen LogP contribution in [0.15, 0.2) is 12.7 Å². The van der Waals surface area contributed by atoms with E-state index in [9.17, 15) is 13.2 Å². The molecule has 0 nitrogen and oxygen atoms in total. The second-order valence-electron chi connectivity index (χ2n) is 3.16. The first-order valence-electron chi connectivity index (χ1n) is 4.24. The van der Waals surface area contributed by atoms with Crippen molar-refractivity contribution in [1.29, 1.82) is 0 Å². The maximum Gasteiger partial charge on any atom is 0.165 e. The summed E-state index contributed by atoms with van der Waals surface area (Å²) in [5, 5.41) is 0. The van der Waals surface area contributed by atoms with Crippen LogP contribution in [0.4, 0.5) is 13.2 Å². The normalized spacial score (nSPS) is 10.4. The molecule has 3 heteroatoms. The van der Waals surface area contributed by atoms with Gasteiger partial charge in [0.25, 0.3) is 0 Å². The summed E-state index contributed by atoms with van der Waals surface area (Å²) in [6.07, 6.45) is 1.34.